The van der Waals surface area contributed by atoms with Crippen LogP contribution in [0.5, 0.6) is 0 Å². The van der Waals surface area contributed by atoms with E-state index >= 15 is 0 Å². The van der Waals surface area contributed by atoms with Crippen molar-refractivity contribution in [3.05, 3.63) is 5.82 Å². The van der Waals surface area contributed by atoms with Gasteiger partial charge in [-0.25, -0.2) is 4.68 Å². The lowest BCUT2D eigenvalue weighted by Gasteiger charge is -2.13. The minimum absolute atomic E-state index is 0.160. The molecule has 0 aliphatic rings. The molecule has 0 amide bonds. The first-order valence-electron chi connectivity index (χ1n) is 3.33. The zero-order chi connectivity index (χ0) is 10.1. The number of hydrogen-bond donors (Lipinski definition) is 0. The normalized spacial score (nSPS) is 14.5. The summed E-state index contributed by atoms with van der Waals surface area (Å²) in [6.07, 6.45) is 0.160. The molecule has 1 aromatic heterocycles. The van der Waals surface area contributed by atoms with Gasteiger partial charge in [-0.05, 0) is 10.4 Å². The van der Waals surface area contributed by atoms with Gasteiger partial charge in [0.15, 0.2) is 9.62 Å². The molecule has 0 fully saturated rings. The maximum Gasteiger partial charge on any atom is 0.192 e. The lowest BCUT2D eigenvalue weighted by molar-refractivity contribution is 0.651. The van der Waals surface area contributed by atoms with E-state index in [2.05, 4.69) is 15.5 Å². The number of nitrogens with zero attached hydrogens (tertiary/aromatic N) is 4. The van der Waals surface area contributed by atoms with Gasteiger partial charge in [-0.1, -0.05) is 34.8 Å². The molecular weight excluding hydrogens is 258 g/mol. The highest BCUT2D eigenvalue weighted by Crippen LogP contribution is 2.38. The summed E-state index contributed by atoms with van der Waals surface area (Å²) in [7, 11) is 1.67. The number of aromatic nitrogens is 4. The molecule has 0 saturated heterocycles. The van der Waals surface area contributed by atoms with Gasteiger partial charge in [0.05, 0.1) is 5.38 Å². The van der Waals surface area contributed by atoms with E-state index in [0.29, 0.717) is 5.82 Å². The number of tetrazole rings is 1. The highest BCUT2D eigenvalue weighted by molar-refractivity contribution is 6.67. The summed E-state index contributed by atoms with van der Waals surface area (Å²) >= 11 is 22.6. The molecule has 0 bridgehead atoms. The van der Waals surface area contributed by atoms with Gasteiger partial charge >= 0.3 is 0 Å². The van der Waals surface area contributed by atoms with Gasteiger partial charge in [0.1, 0.15) is 0 Å². The molecule has 1 atom stereocenters. The molecule has 74 valence electrons. The lowest BCUT2D eigenvalue weighted by atomic mass is 10.3. The van der Waals surface area contributed by atoms with Crippen LogP contribution >= 0.6 is 46.4 Å². The van der Waals surface area contributed by atoms with Gasteiger partial charge < -0.3 is 0 Å². The molecule has 0 aliphatic carbocycles. The first kappa shape index (κ1) is 11.3. The van der Waals surface area contributed by atoms with Gasteiger partial charge in [-0.3, -0.25) is 0 Å². The van der Waals surface area contributed by atoms with Gasteiger partial charge in [0, 0.05) is 13.5 Å². The van der Waals surface area contributed by atoms with Crippen LogP contribution in [0.25, 0.3) is 0 Å². The predicted octanol–water partition coefficient (Wildman–Crippen LogP) is 2.25. The predicted molar refractivity (Wildman–Crippen MR) is 52.3 cm³/mol. The quantitative estimate of drug-likeness (QED) is 0.769. The van der Waals surface area contributed by atoms with Crippen molar-refractivity contribution in [2.75, 3.05) is 0 Å². The number of hydrogen-bond acceptors (Lipinski definition) is 3. The smallest absolute Gasteiger partial charge is 0.192 e. The van der Waals surface area contributed by atoms with E-state index in [1.807, 2.05) is 0 Å². The Bertz CT molecular complexity index is 280. The Balaban J connectivity index is 2.69. The van der Waals surface area contributed by atoms with Crippen molar-refractivity contribution in [3.8, 4) is 0 Å². The second-order valence-electron chi connectivity index (χ2n) is 2.45. The fourth-order valence-electron chi connectivity index (χ4n) is 0.796. The van der Waals surface area contributed by atoms with Crippen LogP contribution in [-0.2, 0) is 7.05 Å². The number of alkyl halides is 4. The molecule has 0 saturated carbocycles. The minimum atomic E-state index is -1.39. The van der Waals surface area contributed by atoms with Crippen LogP contribution in [0.1, 0.15) is 17.6 Å². The molecule has 8 heteroatoms. The fraction of sp³-hybridized carbons (Fsp3) is 0.800. The summed E-state index contributed by atoms with van der Waals surface area (Å²) in [5.74, 6) is 0.480. The Morgan fingerprint density at radius 1 is 1.46 bits per heavy atom. The molecule has 4 nitrogen and oxygen atoms in total. The summed E-state index contributed by atoms with van der Waals surface area (Å²) < 4.78 is 0.0481. The van der Waals surface area contributed by atoms with E-state index in [9.17, 15) is 0 Å². The molecule has 0 spiro atoms. The van der Waals surface area contributed by atoms with Crippen molar-refractivity contribution in [1.29, 1.82) is 0 Å². The summed E-state index contributed by atoms with van der Waals surface area (Å²) in [5.41, 5.74) is 0. The van der Waals surface area contributed by atoms with Crippen molar-refractivity contribution in [2.45, 2.75) is 15.6 Å². The van der Waals surface area contributed by atoms with Crippen LogP contribution in [0.3, 0.4) is 0 Å². The Hall–Kier alpha value is 0.230. The van der Waals surface area contributed by atoms with Crippen LogP contribution in [0.2, 0.25) is 0 Å². The molecular formula is C5H6Cl4N4. The zero-order valence-corrected chi connectivity index (χ0v) is 9.61. The molecule has 0 aliphatic heterocycles. The molecule has 0 unspecified atom stereocenters. The van der Waals surface area contributed by atoms with E-state index in [1.54, 1.807) is 7.05 Å². The van der Waals surface area contributed by atoms with Crippen LogP contribution in [0.15, 0.2) is 0 Å². The average Bonchev–Trinajstić information content (AvgIpc) is 2.30. The molecule has 13 heavy (non-hydrogen) atoms. The fourth-order valence-corrected chi connectivity index (χ4v) is 1.91. The third-order valence-corrected chi connectivity index (χ3v) is 2.16. The standard InChI is InChI=1S/C5H6Cl4N4/c1-13-4(10-11-12-13)3(6)2-5(7,8)9/h3H,2H2,1H3/t3-/m0/s1. The first-order valence-corrected chi connectivity index (χ1v) is 4.90. The molecule has 1 aromatic rings. The number of halogens is 4. The Morgan fingerprint density at radius 2 is 2.08 bits per heavy atom. The van der Waals surface area contributed by atoms with E-state index in [-0.39, 0.29) is 6.42 Å². The Morgan fingerprint density at radius 3 is 2.46 bits per heavy atom. The second kappa shape index (κ2) is 4.17. The maximum absolute atomic E-state index is 5.92. The molecule has 1 rings (SSSR count). The van der Waals surface area contributed by atoms with Gasteiger partial charge in [0.25, 0.3) is 0 Å². The molecule has 0 N–H and O–H groups in total. The van der Waals surface area contributed by atoms with Gasteiger partial charge in [0.2, 0.25) is 0 Å². The summed E-state index contributed by atoms with van der Waals surface area (Å²) in [4.78, 5) is 0. The third kappa shape index (κ3) is 3.46. The third-order valence-electron chi connectivity index (χ3n) is 1.34. The van der Waals surface area contributed by atoms with E-state index < -0.39 is 9.17 Å². The van der Waals surface area contributed by atoms with Crippen LogP contribution in [0.4, 0.5) is 0 Å². The van der Waals surface area contributed by atoms with Crippen molar-refractivity contribution >= 4 is 46.4 Å². The topological polar surface area (TPSA) is 43.6 Å². The van der Waals surface area contributed by atoms with E-state index in [0.717, 1.165) is 0 Å². The van der Waals surface area contributed by atoms with Crippen LogP contribution < -0.4 is 0 Å². The molecule has 0 aromatic carbocycles. The van der Waals surface area contributed by atoms with E-state index in [4.69, 9.17) is 46.4 Å². The summed E-state index contributed by atoms with van der Waals surface area (Å²) in [6, 6.07) is 0. The van der Waals surface area contributed by atoms with Crippen molar-refractivity contribution in [1.82, 2.24) is 20.2 Å². The summed E-state index contributed by atoms with van der Waals surface area (Å²) in [5, 5.41) is 10.2. The van der Waals surface area contributed by atoms with Crippen molar-refractivity contribution in [2.24, 2.45) is 7.05 Å². The highest BCUT2D eigenvalue weighted by atomic mass is 35.6. The van der Waals surface area contributed by atoms with E-state index in [1.165, 1.54) is 4.68 Å². The van der Waals surface area contributed by atoms with Gasteiger partial charge in [-0.15, -0.1) is 16.7 Å². The van der Waals surface area contributed by atoms with Gasteiger partial charge in [-0.2, -0.15) is 0 Å². The second-order valence-corrected chi connectivity index (χ2v) is 5.49. The maximum atomic E-state index is 5.92. The number of aryl methyl sites for hydroxylation is 1. The first-order chi connectivity index (χ1) is 5.90. The monoisotopic (exact) mass is 262 g/mol. The van der Waals surface area contributed by atoms with Crippen LogP contribution in [-0.4, -0.2) is 24.0 Å². The number of rotatable bonds is 2. The largest absolute Gasteiger partial charge is 0.231 e. The average molecular weight is 264 g/mol. The molecule has 0 radical (unpaired) electrons. The van der Waals surface area contributed by atoms with Crippen LogP contribution in [0, 0.1) is 0 Å². The summed E-state index contributed by atoms with van der Waals surface area (Å²) in [6.45, 7) is 0. The highest BCUT2D eigenvalue weighted by Gasteiger charge is 2.27. The zero-order valence-electron chi connectivity index (χ0n) is 6.59. The Kier molecular flexibility index (Phi) is 3.63. The van der Waals surface area contributed by atoms with Crippen molar-refractivity contribution < 1.29 is 0 Å². The molecule has 1 heterocycles. The van der Waals surface area contributed by atoms with Crippen molar-refractivity contribution in [3.63, 3.8) is 0 Å². The Labute approximate surface area is 95.1 Å². The minimum Gasteiger partial charge on any atom is -0.231 e. The lowest BCUT2D eigenvalue weighted by Crippen LogP contribution is -2.10. The SMILES string of the molecule is Cn1nnnc1[C@@H](Cl)CC(Cl)(Cl)Cl.